The number of fused-ring (bicyclic) bond motifs is 1. The van der Waals surface area contributed by atoms with E-state index in [9.17, 15) is 9.18 Å². The minimum Gasteiger partial charge on any atom is -0.497 e. The summed E-state index contributed by atoms with van der Waals surface area (Å²) < 4.78 is 30.0. The van der Waals surface area contributed by atoms with Gasteiger partial charge in [0.15, 0.2) is 0 Å². The molecule has 0 fully saturated rings. The van der Waals surface area contributed by atoms with Crippen LogP contribution < -0.4 is 15.1 Å². The van der Waals surface area contributed by atoms with Crippen LogP contribution in [0.5, 0.6) is 11.5 Å². The van der Waals surface area contributed by atoms with Gasteiger partial charge in [-0.15, -0.1) is 0 Å². The average molecular weight is 376 g/mol. The Morgan fingerprint density at radius 3 is 2.43 bits per heavy atom. The van der Waals surface area contributed by atoms with Crippen molar-refractivity contribution in [1.82, 2.24) is 0 Å². The van der Waals surface area contributed by atoms with Crippen molar-refractivity contribution in [3.05, 3.63) is 94.6 Å². The van der Waals surface area contributed by atoms with Gasteiger partial charge < -0.3 is 13.9 Å². The number of methoxy groups -OCH3 is 1. The molecule has 0 bridgehead atoms. The second-order valence-corrected chi connectivity index (χ2v) is 6.26. The zero-order valence-corrected chi connectivity index (χ0v) is 15.1. The lowest BCUT2D eigenvalue weighted by Crippen LogP contribution is -2.03. The van der Waals surface area contributed by atoms with Crippen LogP contribution in [0.4, 0.5) is 4.39 Å². The van der Waals surface area contributed by atoms with Crippen LogP contribution in [0.3, 0.4) is 0 Å². The number of hydrogen-bond acceptors (Lipinski definition) is 4. The first kappa shape index (κ1) is 17.8. The molecule has 4 nitrogen and oxygen atoms in total. The molecule has 0 unspecified atom stereocenters. The zero-order valence-electron chi connectivity index (χ0n) is 15.1. The van der Waals surface area contributed by atoms with Gasteiger partial charge in [0.2, 0.25) is 0 Å². The summed E-state index contributed by atoms with van der Waals surface area (Å²) in [5, 5.41) is 0.767. The number of halogens is 1. The molecule has 0 spiro atoms. The van der Waals surface area contributed by atoms with Crippen LogP contribution in [-0.2, 0) is 6.61 Å². The van der Waals surface area contributed by atoms with Gasteiger partial charge in [0.1, 0.15) is 29.5 Å². The summed E-state index contributed by atoms with van der Waals surface area (Å²) in [6.07, 6.45) is 0. The fourth-order valence-corrected chi connectivity index (χ4v) is 2.93. The number of rotatable bonds is 5. The molecule has 1 aromatic heterocycles. The highest BCUT2D eigenvalue weighted by atomic mass is 19.1. The Morgan fingerprint density at radius 1 is 0.929 bits per heavy atom. The monoisotopic (exact) mass is 376 g/mol. The Hall–Kier alpha value is -3.60. The van der Waals surface area contributed by atoms with Gasteiger partial charge in [0, 0.05) is 17.0 Å². The molecule has 0 amide bonds. The van der Waals surface area contributed by atoms with Crippen molar-refractivity contribution in [2.75, 3.05) is 7.11 Å². The van der Waals surface area contributed by atoms with Crippen molar-refractivity contribution in [3.8, 4) is 22.6 Å². The molecule has 4 aromatic rings. The van der Waals surface area contributed by atoms with Gasteiger partial charge in [-0.3, -0.25) is 0 Å². The van der Waals surface area contributed by atoms with Gasteiger partial charge in [-0.05, 0) is 42.0 Å². The number of ether oxygens (including phenoxy) is 2. The Balaban J connectivity index is 1.62. The maximum Gasteiger partial charge on any atom is 0.344 e. The van der Waals surface area contributed by atoms with E-state index >= 15 is 0 Å². The number of hydrogen-bond donors (Lipinski definition) is 0. The highest BCUT2D eigenvalue weighted by Gasteiger charge is 2.10. The van der Waals surface area contributed by atoms with E-state index in [0.29, 0.717) is 28.2 Å². The van der Waals surface area contributed by atoms with Crippen molar-refractivity contribution >= 4 is 11.0 Å². The summed E-state index contributed by atoms with van der Waals surface area (Å²) in [5.41, 5.74) is 1.64. The standard InChI is InChI=1S/C23H17FO4/c1-26-18-9-6-15(7-10-18)20-12-16-8-11-19(13-22(16)28-23(20)25)27-14-17-4-2-3-5-21(17)24/h2-13H,14H2,1H3. The lowest BCUT2D eigenvalue weighted by molar-refractivity contribution is 0.300. The molecule has 0 aliphatic heterocycles. The van der Waals surface area contributed by atoms with Crippen molar-refractivity contribution in [2.24, 2.45) is 0 Å². The predicted molar refractivity (Wildman–Crippen MR) is 105 cm³/mol. The van der Waals surface area contributed by atoms with Crippen LogP contribution in [0.2, 0.25) is 0 Å². The van der Waals surface area contributed by atoms with E-state index in [4.69, 9.17) is 13.9 Å². The van der Waals surface area contributed by atoms with Gasteiger partial charge in [0.25, 0.3) is 0 Å². The Kier molecular flexibility index (Phi) is 4.81. The van der Waals surface area contributed by atoms with Crippen molar-refractivity contribution in [3.63, 3.8) is 0 Å². The van der Waals surface area contributed by atoms with E-state index in [2.05, 4.69) is 0 Å². The molecule has 28 heavy (non-hydrogen) atoms. The lowest BCUT2D eigenvalue weighted by Gasteiger charge is -2.08. The van der Waals surface area contributed by atoms with Crippen LogP contribution in [0, 0.1) is 5.82 Å². The zero-order chi connectivity index (χ0) is 19.5. The molecule has 3 aromatic carbocycles. The molecular formula is C23H17FO4. The third kappa shape index (κ3) is 3.60. The van der Waals surface area contributed by atoms with Gasteiger partial charge in [0.05, 0.1) is 12.7 Å². The van der Waals surface area contributed by atoms with Crippen LogP contribution in [-0.4, -0.2) is 7.11 Å². The Labute approximate surface area is 160 Å². The van der Waals surface area contributed by atoms with Crippen molar-refractivity contribution < 1.29 is 18.3 Å². The molecule has 0 saturated carbocycles. The predicted octanol–water partition coefficient (Wildman–Crippen LogP) is 5.19. The topological polar surface area (TPSA) is 48.7 Å². The summed E-state index contributed by atoms with van der Waals surface area (Å²) in [7, 11) is 1.59. The largest absolute Gasteiger partial charge is 0.497 e. The van der Waals surface area contributed by atoms with E-state index in [0.717, 1.165) is 10.9 Å². The SMILES string of the molecule is COc1ccc(-c2cc3ccc(OCc4ccccc4F)cc3oc2=O)cc1. The Bertz CT molecular complexity index is 1180. The summed E-state index contributed by atoms with van der Waals surface area (Å²) in [5.74, 6) is 0.889. The van der Waals surface area contributed by atoms with Crippen LogP contribution >= 0.6 is 0 Å². The summed E-state index contributed by atoms with van der Waals surface area (Å²) in [6.45, 7) is 0.0896. The first-order valence-electron chi connectivity index (χ1n) is 8.72. The van der Waals surface area contributed by atoms with E-state index in [1.54, 1.807) is 55.6 Å². The normalized spacial score (nSPS) is 10.8. The van der Waals surface area contributed by atoms with Crippen LogP contribution in [0.25, 0.3) is 22.1 Å². The third-order valence-electron chi connectivity index (χ3n) is 4.46. The van der Waals surface area contributed by atoms with E-state index in [1.165, 1.54) is 6.07 Å². The van der Waals surface area contributed by atoms with Gasteiger partial charge in [-0.25, -0.2) is 9.18 Å². The van der Waals surface area contributed by atoms with Crippen LogP contribution in [0.15, 0.2) is 82.0 Å². The summed E-state index contributed by atoms with van der Waals surface area (Å²) in [4.78, 5) is 12.4. The van der Waals surface area contributed by atoms with E-state index < -0.39 is 5.63 Å². The fraction of sp³-hybridized carbons (Fsp3) is 0.0870. The van der Waals surface area contributed by atoms with Crippen molar-refractivity contribution in [1.29, 1.82) is 0 Å². The summed E-state index contributed by atoms with van der Waals surface area (Å²) in [6, 6.07) is 20.6. The molecular weight excluding hydrogens is 359 g/mol. The molecule has 5 heteroatoms. The smallest absolute Gasteiger partial charge is 0.344 e. The molecule has 4 rings (SSSR count). The minimum absolute atomic E-state index is 0.0896. The first-order chi connectivity index (χ1) is 13.6. The van der Waals surface area contributed by atoms with E-state index in [1.807, 2.05) is 18.2 Å². The van der Waals surface area contributed by atoms with E-state index in [-0.39, 0.29) is 12.4 Å². The maximum absolute atomic E-state index is 13.7. The number of benzene rings is 3. The first-order valence-corrected chi connectivity index (χ1v) is 8.72. The molecule has 0 saturated heterocycles. The minimum atomic E-state index is -0.441. The molecule has 1 heterocycles. The average Bonchev–Trinajstić information content (AvgIpc) is 2.72. The van der Waals surface area contributed by atoms with Gasteiger partial charge >= 0.3 is 5.63 Å². The second kappa shape index (κ2) is 7.56. The van der Waals surface area contributed by atoms with Crippen LogP contribution in [0.1, 0.15) is 5.56 Å². The highest BCUT2D eigenvalue weighted by Crippen LogP contribution is 2.26. The molecule has 140 valence electrons. The van der Waals surface area contributed by atoms with Gasteiger partial charge in [-0.1, -0.05) is 30.3 Å². The second-order valence-electron chi connectivity index (χ2n) is 6.26. The fourth-order valence-electron chi connectivity index (χ4n) is 2.93. The molecule has 0 atom stereocenters. The molecule has 0 aliphatic carbocycles. The van der Waals surface area contributed by atoms with Crippen molar-refractivity contribution in [2.45, 2.75) is 6.61 Å². The molecule has 0 radical (unpaired) electrons. The lowest BCUT2D eigenvalue weighted by atomic mass is 10.1. The molecule has 0 N–H and O–H groups in total. The highest BCUT2D eigenvalue weighted by molar-refractivity contribution is 5.82. The summed E-state index contributed by atoms with van der Waals surface area (Å²) >= 11 is 0. The maximum atomic E-state index is 13.7. The Morgan fingerprint density at radius 2 is 1.68 bits per heavy atom. The quantitative estimate of drug-likeness (QED) is 0.450. The molecule has 0 aliphatic rings. The van der Waals surface area contributed by atoms with Gasteiger partial charge in [-0.2, -0.15) is 0 Å². The third-order valence-corrected chi connectivity index (χ3v) is 4.46.